The highest BCUT2D eigenvalue weighted by Crippen LogP contribution is 2.26. The van der Waals surface area contributed by atoms with E-state index in [0.29, 0.717) is 23.5 Å². The van der Waals surface area contributed by atoms with Crippen LogP contribution in [0.1, 0.15) is 10.6 Å². The van der Waals surface area contributed by atoms with E-state index in [1.807, 2.05) is 16.3 Å². The van der Waals surface area contributed by atoms with E-state index in [1.165, 1.54) is 4.88 Å². The molecule has 0 aliphatic carbocycles. The molecule has 1 fully saturated rings. The van der Waals surface area contributed by atoms with Gasteiger partial charge in [0.1, 0.15) is 0 Å². The van der Waals surface area contributed by atoms with Crippen molar-refractivity contribution in [3.63, 3.8) is 0 Å². The average Bonchev–Trinajstić information content (AvgIpc) is 3.35. The van der Waals surface area contributed by atoms with E-state index in [2.05, 4.69) is 43.2 Å². The van der Waals surface area contributed by atoms with Crippen LogP contribution < -0.4 is 4.90 Å². The van der Waals surface area contributed by atoms with Crippen LogP contribution in [-0.4, -0.2) is 47.2 Å². The van der Waals surface area contributed by atoms with E-state index in [1.54, 1.807) is 23.5 Å². The van der Waals surface area contributed by atoms with Gasteiger partial charge in [0, 0.05) is 32.2 Å². The summed E-state index contributed by atoms with van der Waals surface area (Å²) in [4.78, 5) is 17.6. The van der Waals surface area contributed by atoms with Gasteiger partial charge in [-0.25, -0.2) is 0 Å². The molecule has 4 heterocycles. The standard InChI is InChI=1S/C16H15BrN4O2S/c17-14-4-3-12(23-14)16(22)21-7-5-20(6-8-21)15-10-11(18-19-15)13-2-1-9-24-13/h1-4,9-10H,5-8H2,(H,18,19). The first-order chi connectivity index (χ1) is 11.7. The van der Waals surface area contributed by atoms with Gasteiger partial charge in [0.15, 0.2) is 16.2 Å². The fraction of sp³-hybridized carbons (Fsp3) is 0.250. The molecule has 3 aromatic rings. The third-order valence-corrected chi connectivity index (χ3v) is 5.36. The number of hydrogen-bond donors (Lipinski definition) is 1. The van der Waals surface area contributed by atoms with E-state index in [-0.39, 0.29) is 5.91 Å². The Morgan fingerprint density at radius 1 is 1.25 bits per heavy atom. The number of aromatic nitrogens is 2. The largest absolute Gasteiger partial charge is 0.444 e. The number of nitrogens with zero attached hydrogens (tertiary/aromatic N) is 3. The summed E-state index contributed by atoms with van der Waals surface area (Å²) in [6, 6.07) is 9.59. The second kappa shape index (κ2) is 6.45. The van der Waals surface area contributed by atoms with Crippen molar-refractivity contribution in [3.05, 3.63) is 46.1 Å². The van der Waals surface area contributed by atoms with Crippen LogP contribution in [0.4, 0.5) is 5.82 Å². The Hall–Kier alpha value is -2.06. The monoisotopic (exact) mass is 406 g/mol. The SMILES string of the molecule is O=C(c1ccc(Br)o1)N1CCN(c2cc(-c3cccs3)[nH]n2)CC1. The summed E-state index contributed by atoms with van der Waals surface area (Å²) in [6.45, 7) is 2.81. The predicted molar refractivity (Wildman–Crippen MR) is 96.4 cm³/mol. The number of hydrogen-bond acceptors (Lipinski definition) is 5. The smallest absolute Gasteiger partial charge is 0.289 e. The van der Waals surface area contributed by atoms with Crippen molar-refractivity contribution in [3.8, 4) is 10.6 Å². The first-order valence-corrected chi connectivity index (χ1v) is 9.27. The van der Waals surface area contributed by atoms with Crippen LogP contribution in [0.15, 0.2) is 44.8 Å². The van der Waals surface area contributed by atoms with Crippen LogP contribution in [0.25, 0.3) is 10.6 Å². The van der Waals surface area contributed by atoms with Crippen molar-refractivity contribution in [2.75, 3.05) is 31.1 Å². The molecule has 3 aromatic heterocycles. The Labute approximate surface area is 151 Å². The van der Waals surface area contributed by atoms with E-state index in [4.69, 9.17) is 4.42 Å². The van der Waals surface area contributed by atoms with Gasteiger partial charge in [-0.15, -0.1) is 11.3 Å². The molecule has 0 aromatic carbocycles. The number of furan rings is 1. The number of rotatable bonds is 3. The van der Waals surface area contributed by atoms with Crippen LogP contribution in [0.5, 0.6) is 0 Å². The lowest BCUT2D eigenvalue weighted by atomic mass is 10.2. The summed E-state index contributed by atoms with van der Waals surface area (Å²) >= 11 is 4.91. The molecular formula is C16H15BrN4O2S. The number of aromatic amines is 1. The van der Waals surface area contributed by atoms with Gasteiger partial charge >= 0.3 is 0 Å². The third kappa shape index (κ3) is 2.99. The number of thiophene rings is 1. The molecule has 1 aliphatic rings. The molecule has 4 rings (SSSR count). The molecule has 0 bridgehead atoms. The molecule has 6 nitrogen and oxygen atoms in total. The second-order valence-electron chi connectivity index (χ2n) is 5.50. The van der Waals surface area contributed by atoms with E-state index in [0.717, 1.165) is 24.6 Å². The maximum absolute atomic E-state index is 12.4. The molecule has 1 N–H and O–H groups in total. The summed E-state index contributed by atoms with van der Waals surface area (Å²) < 4.78 is 5.92. The highest BCUT2D eigenvalue weighted by atomic mass is 79.9. The first-order valence-electron chi connectivity index (χ1n) is 7.59. The van der Waals surface area contributed by atoms with Gasteiger partial charge < -0.3 is 14.2 Å². The molecule has 1 amide bonds. The maximum Gasteiger partial charge on any atom is 0.289 e. The minimum Gasteiger partial charge on any atom is -0.444 e. The Bertz CT molecular complexity index is 834. The Morgan fingerprint density at radius 2 is 2.08 bits per heavy atom. The van der Waals surface area contributed by atoms with E-state index in [9.17, 15) is 4.79 Å². The number of nitrogens with one attached hydrogen (secondary N) is 1. The third-order valence-electron chi connectivity index (χ3n) is 4.03. The van der Waals surface area contributed by atoms with Crippen molar-refractivity contribution in [2.24, 2.45) is 0 Å². The zero-order chi connectivity index (χ0) is 16.5. The summed E-state index contributed by atoms with van der Waals surface area (Å²) in [7, 11) is 0. The van der Waals surface area contributed by atoms with E-state index >= 15 is 0 Å². The highest BCUT2D eigenvalue weighted by Gasteiger charge is 2.25. The molecular weight excluding hydrogens is 392 g/mol. The second-order valence-corrected chi connectivity index (χ2v) is 7.23. The summed E-state index contributed by atoms with van der Waals surface area (Å²) in [5.41, 5.74) is 1.03. The molecule has 0 radical (unpaired) electrons. The molecule has 124 valence electrons. The van der Waals surface area contributed by atoms with Crippen molar-refractivity contribution in [1.82, 2.24) is 15.1 Å². The molecule has 0 spiro atoms. The topological polar surface area (TPSA) is 65.4 Å². The summed E-state index contributed by atoms with van der Waals surface area (Å²) in [5.74, 6) is 1.22. The van der Waals surface area contributed by atoms with Crippen molar-refractivity contribution < 1.29 is 9.21 Å². The number of H-pyrrole nitrogens is 1. The number of halogens is 1. The molecule has 24 heavy (non-hydrogen) atoms. The quantitative estimate of drug-likeness (QED) is 0.723. The van der Waals surface area contributed by atoms with Crippen LogP contribution >= 0.6 is 27.3 Å². The summed E-state index contributed by atoms with van der Waals surface area (Å²) in [5, 5.41) is 9.54. The van der Waals surface area contributed by atoms with Gasteiger partial charge in [0.25, 0.3) is 5.91 Å². The van der Waals surface area contributed by atoms with Crippen LogP contribution in [0.3, 0.4) is 0 Å². The molecule has 1 aliphatic heterocycles. The lowest BCUT2D eigenvalue weighted by Gasteiger charge is -2.34. The zero-order valence-electron chi connectivity index (χ0n) is 12.7. The number of piperazine rings is 1. The molecule has 1 saturated heterocycles. The Morgan fingerprint density at radius 3 is 2.75 bits per heavy atom. The molecule has 0 atom stereocenters. The van der Waals surface area contributed by atoms with Crippen LogP contribution in [0, 0.1) is 0 Å². The first kappa shape index (κ1) is 15.5. The maximum atomic E-state index is 12.4. The molecule has 0 unspecified atom stereocenters. The number of amides is 1. The van der Waals surface area contributed by atoms with Crippen molar-refractivity contribution >= 4 is 39.0 Å². The number of carbonyl (C=O) groups is 1. The van der Waals surface area contributed by atoms with Gasteiger partial charge in [-0.2, -0.15) is 5.10 Å². The van der Waals surface area contributed by atoms with Gasteiger partial charge in [-0.3, -0.25) is 9.89 Å². The summed E-state index contributed by atoms with van der Waals surface area (Å²) in [6.07, 6.45) is 0. The molecule has 0 saturated carbocycles. The fourth-order valence-electron chi connectivity index (χ4n) is 2.75. The predicted octanol–water partition coefficient (Wildman–Crippen LogP) is 3.46. The van der Waals surface area contributed by atoms with Gasteiger partial charge in [-0.1, -0.05) is 6.07 Å². The van der Waals surface area contributed by atoms with Crippen LogP contribution in [-0.2, 0) is 0 Å². The lowest BCUT2D eigenvalue weighted by Crippen LogP contribution is -2.48. The van der Waals surface area contributed by atoms with Gasteiger partial charge in [-0.05, 0) is 39.5 Å². The minimum absolute atomic E-state index is 0.0679. The normalized spacial score (nSPS) is 15.0. The molecule has 8 heteroatoms. The number of anilines is 1. The highest BCUT2D eigenvalue weighted by molar-refractivity contribution is 9.10. The van der Waals surface area contributed by atoms with Gasteiger partial charge in [0.05, 0.1) is 10.6 Å². The van der Waals surface area contributed by atoms with Gasteiger partial charge in [0.2, 0.25) is 0 Å². The average molecular weight is 407 g/mol. The number of carbonyl (C=O) groups excluding carboxylic acids is 1. The Balaban J connectivity index is 1.40. The van der Waals surface area contributed by atoms with Crippen LogP contribution in [0.2, 0.25) is 0 Å². The van der Waals surface area contributed by atoms with Crippen molar-refractivity contribution in [1.29, 1.82) is 0 Å². The Kier molecular flexibility index (Phi) is 4.15. The minimum atomic E-state index is -0.0679. The fourth-order valence-corrected chi connectivity index (χ4v) is 3.75. The zero-order valence-corrected chi connectivity index (χ0v) is 15.1. The van der Waals surface area contributed by atoms with E-state index < -0.39 is 0 Å². The lowest BCUT2D eigenvalue weighted by molar-refractivity contribution is 0.0713. The van der Waals surface area contributed by atoms with Crippen molar-refractivity contribution in [2.45, 2.75) is 0 Å².